The number of carbonyl (C=O) groups excluding carboxylic acids is 2. The maximum atomic E-state index is 14.4. The Balaban J connectivity index is 2.24. The molecule has 0 aliphatic heterocycles. The monoisotopic (exact) mass is 340 g/mol. The molecule has 0 spiro atoms. The fraction of sp³-hybridized carbons (Fsp3) is 0.375. The molecular formula is C16H17FO5S. The molecule has 0 aliphatic carbocycles. The molecule has 23 heavy (non-hydrogen) atoms. The Labute approximate surface area is 137 Å². The van der Waals surface area contributed by atoms with E-state index in [4.69, 9.17) is 9.47 Å². The number of esters is 1. The van der Waals surface area contributed by atoms with Gasteiger partial charge in [-0.2, -0.15) is 0 Å². The fourth-order valence-corrected chi connectivity index (χ4v) is 3.25. The molecular weight excluding hydrogens is 323 g/mol. The molecule has 124 valence electrons. The van der Waals surface area contributed by atoms with Crippen LogP contribution in [-0.2, 0) is 9.53 Å². The third kappa shape index (κ3) is 3.61. The highest BCUT2D eigenvalue weighted by atomic mass is 32.1. The van der Waals surface area contributed by atoms with Gasteiger partial charge in [-0.1, -0.05) is 0 Å². The molecule has 1 aromatic heterocycles. The fourth-order valence-electron chi connectivity index (χ4n) is 2.20. The highest BCUT2D eigenvalue weighted by molar-refractivity contribution is 7.20. The SMILES string of the molecule is COC(=O)CCCC(=O)c1cc2c(F)c(OC)c(OC)cc2s1. The van der Waals surface area contributed by atoms with Gasteiger partial charge in [-0.05, 0) is 12.5 Å². The van der Waals surface area contributed by atoms with Gasteiger partial charge < -0.3 is 14.2 Å². The third-order valence-electron chi connectivity index (χ3n) is 3.39. The maximum absolute atomic E-state index is 14.4. The molecule has 7 heteroatoms. The van der Waals surface area contributed by atoms with Gasteiger partial charge in [-0.15, -0.1) is 11.3 Å². The van der Waals surface area contributed by atoms with E-state index < -0.39 is 5.82 Å². The standard InChI is InChI=1S/C16H17FO5S/c1-20-11-8-12-9(15(17)16(11)22-3)7-13(23-12)10(18)5-4-6-14(19)21-2/h7-8H,4-6H2,1-3H3. The maximum Gasteiger partial charge on any atom is 0.305 e. The summed E-state index contributed by atoms with van der Waals surface area (Å²) in [5.74, 6) is -0.736. The van der Waals surface area contributed by atoms with Crippen LogP contribution in [0.5, 0.6) is 11.5 Å². The number of fused-ring (bicyclic) bond motifs is 1. The molecule has 2 aromatic rings. The highest BCUT2D eigenvalue weighted by Gasteiger charge is 2.19. The average Bonchev–Trinajstić information content (AvgIpc) is 2.98. The predicted molar refractivity (Wildman–Crippen MR) is 85.1 cm³/mol. The number of rotatable bonds is 7. The van der Waals surface area contributed by atoms with Gasteiger partial charge in [-0.25, -0.2) is 4.39 Å². The van der Waals surface area contributed by atoms with E-state index in [1.165, 1.54) is 38.7 Å². The zero-order chi connectivity index (χ0) is 17.0. The molecule has 5 nitrogen and oxygen atoms in total. The van der Waals surface area contributed by atoms with Crippen LogP contribution in [-0.4, -0.2) is 33.1 Å². The minimum atomic E-state index is -0.549. The van der Waals surface area contributed by atoms with Crippen molar-refractivity contribution in [3.05, 3.63) is 22.8 Å². The minimum absolute atomic E-state index is 0.0162. The number of halogens is 1. The predicted octanol–water partition coefficient (Wildman–Crippen LogP) is 3.58. The van der Waals surface area contributed by atoms with Crippen LogP contribution < -0.4 is 9.47 Å². The molecule has 2 rings (SSSR count). The Morgan fingerprint density at radius 1 is 1.13 bits per heavy atom. The van der Waals surface area contributed by atoms with Crippen molar-refractivity contribution >= 4 is 33.2 Å². The van der Waals surface area contributed by atoms with Crippen LogP contribution in [0.1, 0.15) is 28.9 Å². The molecule has 0 saturated heterocycles. The van der Waals surface area contributed by atoms with Crippen molar-refractivity contribution in [2.45, 2.75) is 19.3 Å². The second-order valence-electron chi connectivity index (χ2n) is 4.80. The van der Waals surface area contributed by atoms with Gasteiger partial charge in [0.1, 0.15) is 0 Å². The van der Waals surface area contributed by atoms with Crippen molar-refractivity contribution in [2.75, 3.05) is 21.3 Å². The summed E-state index contributed by atoms with van der Waals surface area (Å²) in [7, 11) is 4.09. The minimum Gasteiger partial charge on any atom is -0.493 e. The van der Waals surface area contributed by atoms with Gasteiger partial charge in [0.05, 0.1) is 26.2 Å². The molecule has 0 fully saturated rings. The van der Waals surface area contributed by atoms with Gasteiger partial charge in [0.2, 0.25) is 0 Å². The molecule has 1 aromatic carbocycles. The first-order chi connectivity index (χ1) is 11.0. The van der Waals surface area contributed by atoms with Crippen LogP contribution >= 0.6 is 11.3 Å². The molecule has 1 heterocycles. The number of ether oxygens (including phenoxy) is 3. The zero-order valence-electron chi connectivity index (χ0n) is 13.1. The van der Waals surface area contributed by atoms with Crippen LogP contribution in [0.4, 0.5) is 4.39 Å². The lowest BCUT2D eigenvalue weighted by atomic mass is 10.1. The molecule has 0 bridgehead atoms. The number of carbonyl (C=O) groups is 2. The second kappa shape index (κ2) is 7.41. The molecule has 0 radical (unpaired) electrons. The van der Waals surface area contributed by atoms with Crippen LogP contribution in [0, 0.1) is 5.82 Å². The van der Waals surface area contributed by atoms with Crippen molar-refractivity contribution in [2.24, 2.45) is 0 Å². The molecule has 0 amide bonds. The van der Waals surface area contributed by atoms with Crippen molar-refractivity contribution in [1.82, 2.24) is 0 Å². The lowest BCUT2D eigenvalue weighted by molar-refractivity contribution is -0.140. The van der Waals surface area contributed by atoms with Crippen molar-refractivity contribution in [1.29, 1.82) is 0 Å². The van der Waals surface area contributed by atoms with E-state index in [9.17, 15) is 14.0 Å². The largest absolute Gasteiger partial charge is 0.493 e. The van der Waals surface area contributed by atoms with E-state index in [1.54, 1.807) is 6.07 Å². The summed E-state index contributed by atoms with van der Waals surface area (Å²) >= 11 is 1.19. The molecule has 0 atom stereocenters. The average molecular weight is 340 g/mol. The Morgan fingerprint density at radius 3 is 2.48 bits per heavy atom. The molecule has 0 unspecified atom stereocenters. The summed E-state index contributed by atoms with van der Waals surface area (Å²) in [6.07, 6.45) is 0.788. The summed E-state index contributed by atoms with van der Waals surface area (Å²) in [4.78, 5) is 23.7. The van der Waals surface area contributed by atoms with Crippen LogP contribution in [0.25, 0.3) is 10.1 Å². The van der Waals surface area contributed by atoms with Crippen LogP contribution in [0.3, 0.4) is 0 Å². The summed E-state index contributed by atoms with van der Waals surface area (Å²) < 4.78 is 29.7. The summed E-state index contributed by atoms with van der Waals surface area (Å²) in [6, 6.07) is 3.16. The van der Waals surface area contributed by atoms with Crippen molar-refractivity contribution in [3.8, 4) is 11.5 Å². The zero-order valence-corrected chi connectivity index (χ0v) is 13.9. The number of thiophene rings is 1. The number of hydrogen-bond donors (Lipinski definition) is 0. The van der Waals surface area contributed by atoms with E-state index in [2.05, 4.69) is 4.74 Å². The number of ketones is 1. The van der Waals surface area contributed by atoms with Gasteiger partial charge >= 0.3 is 5.97 Å². The lowest BCUT2D eigenvalue weighted by Crippen LogP contribution is -2.02. The molecule has 0 aliphatic rings. The van der Waals surface area contributed by atoms with Gasteiger partial charge in [0.25, 0.3) is 0 Å². The van der Waals surface area contributed by atoms with E-state index in [0.29, 0.717) is 21.4 Å². The van der Waals surface area contributed by atoms with Crippen molar-refractivity contribution in [3.63, 3.8) is 0 Å². The first-order valence-corrected chi connectivity index (χ1v) is 7.77. The normalized spacial score (nSPS) is 10.6. The smallest absolute Gasteiger partial charge is 0.305 e. The summed E-state index contributed by atoms with van der Waals surface area (Å²) in [6.45, 7) is 0. The van der Waals surface area contributed by atoms with Crippen LogP contribution in [0.15, 0.2) is 12.1 Å². The van der Waals surface area contributed by atoms with Crippen molar-refractivity contribution < 1.29 is 28.2 Å². The summed E-state index contributed by atoms with van der Waals surface area (Å²) in [5.41, 5.74) is 0. The van der Waals surface area contributed by atoms with E-state index in [1.807, 2.05) is 0 Å². The number of Topliss-reactive ketones (excluding diaryl/α,β-unsaturated/α-hetero) is 1. The van der Waals surface area contributed by atoms with Gasteiger partial charge in [0, 0.05) is 29.0 Å². The molecule has 0 N–H and O–H groups in total. The number of benzene rings is 1. The Bertz CT molecular complexity index is 738. The van der Waals surface area contributed by atoms with E-state index >= 15 is 0 Å². The Hall–Kier alpha value is -2.15. The third-order valence-corrected chi connectivity index (χ3v) is 4.52. The lowest BCUT2D eigenvalue weighted by Gasteiger charge is -2.08. The van der Waals surface area contributed by atoms with Crippen LogP contribution in [0.2, 0.25) is 0 Å². The van der Waals surface area contributed by atoms with Gasteiger partial charge in [-0.3, -0.25) is 9.59 Å². The topological polar surface area (TPSA) is 61.8 Å². The quantitative estimate of drug-likeness (QED) is 0.569. The second-order valence-corrected chi connectivity index (χ2v) is 5.89. The van der Waals surface area contributed by atoms with E-state index in [0.717, 1.165) is 0 Å². The Kier molecular flexibility index (Phi) is 5.54. The highest BCUT2D eigenvalue weighted by Crippen LogP contribution is 2.39. The van der Waals surface area contributed by atoms with Gasteiger partial charge in [0.15, 0.2) is 23.1 Å². The summed E-state index contributed by atoms with van der Waals surface area (Å²) in [5, 5.41) is 0.323. The molecule has 0 saturated carbocycles. The Morgan fingerprint density at radius 2 is 1.87 bits per heavy atom. The number of methoxy groups -OCH3 is 3. The first kappa shape index (κ1) is 17.2. The first-order valence-electron chi connectivity index (χ1n) is 6.95. The van der Waals surface area contributed by atoms with E-state index in [-0.39, 0.29) is 36.1 Å². The number of hydrogen-bond acceptors (Lipinski definition) is 6.